The lowest BCUT2D eigenvalue weighted by molar-refractivity contribution is -0.120. The second kappa shape index (κ2) is 7.31. The molecule has 1 aromatic rings. The molecule has 1 amide bonds. The molecule has 0 saturated heterocycles. The minimum absolute atomic E-state index is 0.00105. The van der Waals surface area contributed by atoms with Crippen molar-refractivity contribution >= 4 is 33.6 Å². The third-order valence-electron chi connectivity index (χ3n) is 3.26. The van der Waals surface area contributed by atoms with E-state index in [9.17, 15) is 9.90 Å². The van der Waals surface area contributed by atoms with Gasteiger partial charge in [-0.15, -0.1) is 11.8 Å². The van der Waals surface area contributed by atoms with Gasteiger partial charge >= 0.3 is 0 Å². The standard InChI is InChI=1S/C14H18BrNO2S/c15-10-5-7-11(8-6-10)19-9-14(18)16-12-3-1-2-4-13(12)17/h5-8,12-13,17H,1-4,9H2,(H,16,18)/t12-,13-/m0/s1. The number of rotatable bonds is 4. The minimum Gasteiger partial charge on any atom is -0.391 e. The van der Waals surface area contributed by atoms with Crippen molar-refractivity contribution < 1.29 is 9.90 Å². The molecule has 0 radical (unpaired) electrons. The summed E-state index contributed by atoms with van der Waals surface area (Å²) in [6.45, 7) is 0. The molecule has 2 atom stereocenters. The molecule has 0 heterocycles. The van der Waals surface area contributed by atoms with Crippen LogP contribution in [-0.2, 0) is 4.79 Å². The fraction of sp³-hybridized carbons (Fsp3) is 0.500. The van der Waals surface area contributed by atoms with Crippen LogP contribution in [0.3, 0.4) is 0 Å². The highest BCUT2D eigenvalue weighted by atomic mass is 79.9. The quantitative estimate of drug-likeness (QED) is 0.826. The number of aliphatic hydroxyl groups is 1. The number of carbonyl (C=O) groups is 1. The Bertz CT molecular complexity index is 424. The van der Waals surface area contributed by atoms with Crippen molar-refractivity contribution in [3.63, 3.8) is 0 Å². The molecule has 2 N–H and O–H groups in total. The summed E-state index contributed by atoms with van der Waals surface area (Å²) < 4.78 is 1.03. The van der Waals surface area contributed by atoms with Crippen LogP contribution in [-0.4, -0.2) is 28.9 Å². The second-order valence-electron chi connectivity index (χ2n) is 4.77. The predicted molar refractivity (Wildman–Crippen MR) is 81.3 cm³/mol. The molecule has 104 valence electrons. The zero-order valence-corrected chi connectivity index (χ0v) is 13.0. The fourth-order valence-corrected chi connectivity index (χ4v) is 3.18. The van der Waals surface area contributed by atoms with Gasteiger partial charge in [0, 0.05) is 9.37 Å². The van der Waals surface area contributed by atoms with Gasteiger partial charge in [0.05, 0.1) is 17.9 Å². The first-order valence-electron chi connectivity index (χ1n) is 6.51. The lowest BCUT2D eigenvalue weighted by Crippen LogP contribution is -2.45. The molecule has 0 spiro atoms. The van der Waals surface area contributed by atoms with Gasteiger partial charge in [0.25, 0.3) is 0 Å². The summed E-state index contributed by atoms with van der Waals surface area (Å²) in [6, 6.07) is 7.83. The first-order valence-corrected chi connectivity index (χ1v) is 8.29. The molecule has 1 aliphatic rings. The Hall–Kier alpha value is -0.520. The van der Waals surface area contributed by atoms with E-state index in [0.29, 0.717) is 5.75 Å². The highest BCUT2D eigenvalue weighted by Crippen LogP contribution is 2.21. The van der Waals surface area contributed by atoms with Crippen LogP contribution in [0.5, 0.6) is 0 Å². The van der Waals surface area contributed by atoms with Gasteiger partial charge in [-0.1, -0.05) is 28.8 Å². The lowest BCUT2D eigenvalue weighted by atomic mass is 9.93. The third-order valence-corrected chi connectivity index (χ3v) is 4.80. The van der Waals surface area contributed by atoms with Crippen molar-refractivity contribution in [2.24, 2.45) is 0 Å². The Balaban J connectivity index is 1.76. The molecule has 5 heteroatoms. The van der Waals surface area contributed by atoms with E-state index in [1.54, 1.807) is 0 Å². The molecule has 1 aromatic carbocycles. The zero-order valence-electron chi connectivity index (χ0n) is 10.6. The third kappa shape index (κ3) is 4.82. The summed E-state index contributed by atoms with van der Waals surface area (Å²) in [4.78, 5) is 12.9. The topological polar surface area (TPSA) is 49.3 Å². The summed E-state index contributed by atoms with van der Waals surface area (Å²) in [5.74, 6) is 0.393. The summed E-state index contributed by atoms with van der Waals surface area (Å²) in [7, 11) is 0. The van der Waals surface area contributed by atoms with E-state index in [-0.39, 0.29) is 18.1 Å². The Morgan fingerprint density at radius 3 is 2.68 bits per heavy atom. The van der Waals surface area contributed by atoms with Gasteiger partial charge in [-0.05, 0) is 37.1 Å². The maximum Gasteiger partial charge on any atom is 0.230 e. The van der Waals surface area contributed by atoms with Crippen molar-refractivity contribution in [1.82, 2.24) is 5.32 Å². The van der Waals surface area contributed by atoms with Crippen LogP contribution >= 0.6 is 27.7 Å². The molecular weight excluding hydrogens is 326 g/mol. The average molecular weight is 344 g/mol. The zero-order chi connectivity index (χ0) is 13.7. The van der Waals surface area contributed by atoms with Crippen molar-refractivity contribution in [3.05, 3.63) is 28.7 Å². The van der Waals surface area contributed by atoms with Gasteiger partial charge in [0.15, 0.2) is 0 Å². The van der Waals surface area contributed by atoms with E-state index in [4.69, 9.17) is 0 Å². The van der Waals surface area contributed by atoms with Gasteiger partial charge < -0.3 is 10.4 Å². The van der Waals surface area contributed by atoms with Crippen LogP contribution in [0.1, 0.15) is 25.7 Å². The van der Waals surface area contributed by atoms with Crippen molar-refractivity contribution in [2.75, 3.05) is 5.75 Å². The van der Waals surface area contributed by atoms with Gasteiger partial charge in [-0.25, -0.2) is 0 Å². The monoisotopic (exact) mass is 343 g/mol. The van der Waals surface area contributed by atoms with E-state index in [0.717, 1.165) is 35.1 Å². The van der Waals surface area contributed by atoms with Gasteiger partial charge in [0.1, 0.15) is 0 Å². The van der Waals surface area contributed by atoms with Crippen LogP contribution in [0.25, 0.3) is 0 Å². The molecule has 0 bridgehead atoms. The largest absolute Gasteiger partial charge is 0.391 e. The fourth-order valence-electron chi connectivity index (χ4n) is 2.21. The van der Waals surface area contributed by atoms with Crippen molar-refractivity contribution in [1.29, 1.82) is 0 Å². The smallest absolute Gasteiger partial charge is 0.230 e. The number of halogens is 1. The van der Waals surface area contributed by atoms with E-state index in [1.165, 1.54) is 11.8 Å². The number of hydrogen-bond acceptors (Lipinski definition) is 3. The average Bonchev–Trinajstić information content (AvgIpc) is 2.41. The Morgan fingerprint density at radius 1 is 1.32 bits per heavy atom. The second-order valence-corrected chi connectivity index (χ2v) is 6.73. The van der Waals surface area contributed by atoms with Crippen LogP contribution in [0.4, 0.5) is 0 Å². The molecule has 3 nitrogen and oxygen atoms in total. The lowest BCUT2D eigenvalue weighted by Gasteiger charge is -2.28. The van der Waals surface area contributed by atoms with Crippen LogP contribution in [0.2, 0.25) is 0 Å². The molecule has 1 saturated carbocycles. The Kier molecular flexibility index (Phi) is 5.73. The van der Waals surface area contributed by atoms with E-state index < -0.39 is 0 Å². The van der Waals surface area contributed by atoms with E-state index in [1.807, 2.05) is 24.3 Å². The number of hydrogen-bond donors (Lipinski definition) is 2. The van der Waals surface area contributed by atoms with E-state index >= 15 is 0 Å². The number of carbonyl (C=O) groups excluding carboxylic acids is 1. The van der Waals surface area contributed by atoms with Crippen molar-refractivity contribution in [2.45, 2.75) is 42.7 Å². The Morgan fingerprint density at radius 2 is 2.00 bits per heavy atom. The molecular formula is C14H18BrNO2S. The molecule has 0 unspecified atom stereocenters. The van der Waals surface area contributed by atoms with Crippen LogP contribution in [0.15, 0.2) is 33.6 Å². The maximum absolute atomic E-state index is 11.8. The van der Waals surface area contributed by atoms with Gasteiger partial charge in [-0.2, -0.15) is 0 Å². The minimum atomic E-state index is -0.379. The highest BCUT2D eigenvalue weighted by molar-refractivity contribution is 9.10. The SMILES string of the molecule is O=C(CSc1ccc(Br)cc1)N[C@H]1CCCC[C@@H]1O. The summed E-state index contributed by atoms with van der Waals surface area (Å²) >= 11 is 4.89. The normalized spacial score (nSPS) is 23.1. The molecule has 2 rings (SSSR count). The number of thioether (sulfide) groups is 1. The summed E-state index contributed by atoms with van der Waals surface area (Å²) in [5, 5.41) is 12.7. The molecule has 0 aromatic heterocycles. The highest BCUT2D eigenvalue weighted by Gasteiger charge is 2.24. The van der Waals surface area contributed by atoms with Crippen LogP contribution in [0, 0.1) is 0 Å². The summed E-state index contributed by atoms with van der Waals surface area (Å²) in [5.41, 5.74) is 0. The van der Waals surface area contributed by atoms with Gasteiger partial charge in [0.2, 0.25) is 5.91 Å². The van der Waals surface area contributed by atoms with Crippen molar-refractivity contribution in [3.8, 4) is 0 Å². The molecule has 1 fully saturated rings. The first-order chi connectivity index (χ1) is 9.15. The number of aliphatic hydroxyl groups excluding tert-OH is 1. The maximum atomic E-state index is 11.8. The van der Waals surface area contributed by atoms with E-state index in [2.05, 4.69) is 21.2 Å². The Labute approximate surface area is 126 Å². The first kappa shape index (κ1) is 14.9. The molecule has 19 heavy (non-hydrogen) atoms. The van der Waals surface area contributed by atoms with Crippen LogP contribution < -0.4 is 5.32 Å². The molecule has 1 aliphatic carbocycles. The number of benzene rings is 1. The van der Waals surface area contributed by atoms with Gasteiger partial charge in [-0.3, -0.25) is 4.79 Å². The predicted octanol–water partition coefficient (Wildman–Crippen LogP) is 2.96. The number of nitrogens with one attached hydrogen (secondary N) is 1. The summed E-state index contributed by atoms with van der Waals surface area (Å²) in [6.07, 6.45) is 3.44. The molecule has 0 aliphatic heterocycles. The number of amides is 1.